The second-order valence-corrected chi connectivity index (χ2v) is 7.22. The maximum atomic E-state index is 13.1. The summed E-state index contributed by atoms with van der Waals surface area (Å²) in [7, 11) is 0. The highest BCUT2D eigenvalue weighted by Gasteiger charge is 2.20. The standard InChI is InChI=1S/C19H20FN5S/c1-13-15(12-25(23-13)17-5-3-16(20)4-6-17)11-24-8-7-18-14(10-24)9-21-19(22-18)26-2/h3-6,9,12H,7-8,10-11H2,1-2H3. The quantitative estimate of drug-likeness (QED) is 0.521. The van der Waals surface area contributed by atoms with Crippen molar-refractivity contribution in [3.63, 3.8) is 0 Å². The minimum atomic E-state index is -0.239. The van der Waals surface area contributed by atoms with Gasteiger partial charge in [0.05, 0.1) is 17.1 Å². The molecule has 0 saturated carbocycles. The first-order valence-corrected chi connectivity index (χ1v) is 9.77. The number of thioether (sulfide) groups is 1. The third-order valence-corrected chi connectivity index (χ3v) is 5.22. The molecule has 2 aromatic heterocycles. The largest absolute Gasteiger partial charge is 0.294 e. The molecule has 0 unspecified atom stereocenters. The predicted molar refractivity (Wildman–Crippen MR) is 99.9 cm³/mol. The van der Waals surface area contributed by atoms with Crippen molar-refractivity contribution in [1.29, 1.82) is 0 Å². The molecular weight excluding hydrogens is 349 g/mol. The molecule has 0 atom stereocenters. The fourth-order valence-corrected chi connectivity index (χ4v) is 3.57. The second-order valence-electron chi connectivity index (χ2n) is 6.45. The Morgan fingerprint density at radius 3 is 2.81 bits per heavy atom. The molecular formula is C19H20FN5S. The second kappa shape index (κ2) is 7.17. The maximum absolute atomic E-state index is 13.1. The van der Waals surface area contributed by atoms with Crippen LogP contribution in [-0.2, 0) is 19.5 Å². The van der Waals surface area contributed by atoms with Gasteiger partial charge in [-0.2, -0.15) is 5.10 Å². The summed E-state index contributed by atoms with van der Waals surface area (Å²) in [5.41, 5.74) is 5.41. The summed E-state index contributed by atoms with van der Waals surface area (Å²) in [6.45, 7) is 4.67. The third kappa shape index (κ3) is 3.50. The zero-order valence-corrected chi connectivity index (χ0v) is 15.6. The van der Waals surface area contributed by atoms with Crippen LogP contribution in [0.1, 0.15) is 22.5 Å². The van der Waals surface area contributed by atoms with E-state index < -0.39 is 0 Å². The number of aromatic nitrogens is 4. The zero-order valence-electron chi connectivity index (χ0n) is 14.8. The normalized spacial score (nSPS) is 14.4. The lowest BCUT2D eigenvalue weighted by molar-refractivity contribution is 0.241. The van der Waals surface area contributed by atoms with E-state index in [4.69, 9.17) is 0 Å². The molecule has 0 radical (unpaired) electrons. The van der Waals surface area contributed by atoms with Gasteiger partial charge in [-0.15, -0.1) is 0 Å². The van der Waals surface area contributed by atoms with Gasteiger partial charge in [-0.3, -0.25) is 4.90 Å². The van der Waals surface area contributed by atoms with Crippen LogP contribution in [0.2, 0.25) is 0 Å². The molecule has 7 heteroatoms. The molecule has 3 heterocycles. The van der Waals surface area contributed by atoms with E-state index in [0.29, 0.717) is 0 Å². The van der Waals surface area contributed by atoms with Crippen molar-refractivity contribution in [2.24, 2.45) is 0 Å². The number of aryl methyl sites for hydroxylation is 1. The highest BCUT2D eigenvalue weighted by Crippen LogP contribution is 2.22. The van der Waals surface area contributed by atoms with Crippen LogP contribution in [0.15, 0.2) is 41.8 Å². The lowest BCUT2D eigenvalue weighted by atomic mass is 10.1. The molecule has 4 rings (SSSR count). The SMILES string of the molecule is CSc1ncc2c(n1)CCN(Cc1cn(-c3ccc(F)cc3)nc1C)C2. The van der Waals surface area contributed by atoms with Gasteiger partial charge >= 0.3 is 0 Å². The molecule has 1 aliphatic rings. The van der Waals surface area contributed by atoms with Crippen LogP contribution < -0.4 is 0 Å². The molecule has 134 valence electrons. The average molecular weight is 369 g/mol. The summed E-state index contributed by atoms with van der Waals surface area (Å²) in [5, 5.41) is 5.42. The molecule has 1 aromatic carbocycles. The van der Waals surface area contributed by atoms with E-state index in [0.717, 1.165) is 42.6 Å². The molecule has 0 spiro atoms. The maximum Gasteiger partial charge on any atom is 0.187 e. The molecule has 0 N–H and O–H groups in total. The number of hydrogen-bond donors (Lipinski definition) is 0. The van der Waals surface area contributed by atoms with E-state index in [1.807, 2.05) is 30.3 Å². The van der Waals surface area contributed by atoms with Gasteiger partial charge in [0, 0.05) is 49.6 Å². The van der Waals surface area contributed by atoms with Crippen LogP contribution in [-0.4, -0.2) is 37.4 Å². The molecule has 1 aliphatic heterocycles. The monoisotopic (exact) mass is 369 g/mol. The van der Waals surface area contributed by atoms with Crippen molar-refractivity contribution in [1.82, 2.24) is 24.6 Å². The highest BCUT2D eigenvalue weighted by atomic mass is 32.2. The number of halogens is 1. The predicted octanol–water partition coefficient (Wildman–Crippen LogP) is 3.39. The lowest BCUT2D eigenvalue weighted by Crippen LogP contribution is -2.31. The summed E-state index contributed by atoms with van der Waals surface area (Å²) in [5.74, 6) is -0.239. The Kier molecular flexibility index (Phi) is 4.74. The molecule has 26 heavy (non-hydrogen) atoms. The van der Waals surface area contributed by atoms with Crippen LogP contribution in [0.3, 0.4) is 0 Å². The van der Waals surface area contributed by atoms with E-state index >= 15 is 0 Å². The molecule has 0 aliphatic carbocycles. The fourth-order valence-electron chi connectivity index (χ4n) is 3.21. The van der Waals surface area contributed by atoms with Gasteiger partial charge in [-0.05, 0) is 37.4 Å². The van der Waals surface area contributed by atoms with Crippen molar-refractivity contribution in [3.8, 4) is 5.69 Å². The van der Waals surface area contributed by atoms with Crippen molar-refractivity contribution in [2.45, 2.75) is 31.6 Å². The van der Waals surface area contributed by atoms with Gasteiger partial charge in [-0.25, -0.2) is 19.0 Å². The van der Waals surface area contributed by atoms with Gasteiger partial charge in [-0.1, -0.05) is 11.8 Å². The van der Waals surface area contributed by atoms with Crippen molar-refractivity contribution >= 4 is 11.8 Å². The van der Waals surface area contributed by atoms with Gasteiger partial charge in [0.2, 0.25) is 0 Å². The van der Waals surface area contributed by atoms with Crippen LogP contribution in [0.5, 0.6) is 0 Å². The Morgan fingerprint density at radius 1 is 1.23 bits per heavy atom. The van der Waals surface area contributed by atoms with Gasteiger partial charge in [0.25, 0.3) is 0 Å². The Balaban J connectivity index is 1.50. The first kappa shape index (κ1) is 17.2. The third-order valence-electron chi connectivity index (χ3n) is 4.66. The molecule has 3 aromatic rings. The first-order valence-electron chi connectivity index (χ1n) is 8.54. The number of nitrogens with zero attached hydrogens (tertiary/aromatic N) is 5. The van der Waals surface area contributed by atoms with Gasteiger partial charge in [0.1, 0.15) is 5.82 Å². The molecule has 5 nitrogen and oxygen atoms in total. The summed E-state index contributed by atoms with van der Waals surface area (Å²) >= 11 is 1.58. The van der Waals surface area contributed by atoms with Crippen molar-refractivity contribution < 1.29 is 4.39 Å². The topological polar surface area (TPSA) is 46.8 Å². The van der Waals surface area contributed by atoms with Crippen molar-refractivity contribution in [3.05, 3.63) is 65.0 Å². The van der Waals surface area contributed by atoms with Crippen LogP contribution in [0, 0.1) is 12.7 Å². The summed E-state index contributed by atoms with van der Waals surface area (Å²) in [4.78, 5) is 11.4. The average Bonchev–Trinajstić information content (AvgIpc) is 3.02. The summed E-state index contributed by atoms with van der Waals surface area (Å²) < 4.78 is 14.9. The highest BCUT2D eigenvalue weighted by molar-refractivity contribution is 7.98. The Morgan fingerprint density at radius 2 is 2.04 bits per heavy atom. The number of hydrogen-bond acceptors (Lipinski definition) is 5. The van der Waals surface area contributed by atoms with Crippen LogP contribution in [0.25, 0.3) is 5.69 Å². The van der Waals surface area contributed by atoms with E-state index in [1.165, 1.54) is 29.0 Å². The molecule has 0 fully saturated rings. The van der Waals surface area contributed by atoms with Crippen LogP contribution in [0.4, 0.5) is 4.39 Å². The molecule has 0 bridgehead atoms. The smallest absolute Gasteiger partial charge is 0.187 e. The minimum absolute atomic E-state index is 0.239. The van der Waals surface area contributed by atoms with Gasteiger partial charge < -0.3 is 0 Å². The Hall–Kier alpha value is -2.25. The van der Waals surface area contributed by atoms with E-state index in [9.17, 15) is 4.39 Å². The number of benzene rings is 1. The number of rotatable bonds is 4. The van der Waals surface area contributed by atoms with E-state index in [-0.39, 0.29) is 5.82 Å². The minimum Gasteiger partial charge on any atom is -0.294 e. The van der Waals surface area contributed by atoms with Crippen molar-refractivity contribution in [2.75, 3.05) is 12.8 Å². The molecule has 0 saturated heterocycles. The van der Waals surface area contributed by atoms with E-state index in [1.54, 1.807) is 23.9 Å². The Labute approximate surface area is 156 Å². The van der Waals surface area contributed by atoms with Crippen LogP contribution >= 0.6 is 11.8 Å². The summed E-state index contributed by atoms with van der Waals surface area (Å²) in [6.07, 6.45) is 6.93. The first-order chi connectivity index (χ1) is 12.6. The summed E-state index contributed by atoms with van der Waals surface area (Å²) in [6, 6.07) is 6.39. The molecule has 0 amide bonds. The van der Waals surface area contributed by atoms with Gasteiger partial charge in [0.15, 0.2) is 5.16 Å². The number of fused-ring (bicyclic) bond motifs is 1. The Bertz CT molecular complexity index is 922. The zero-order chi connectivity index (χ0) is 18.1. The lowest BCUT2D eigenvalue weighted by Gasteiger charge is -2.27. The fraction of sp³-hybridized carbons (Fsp3) is 0.316. The van der Waals surface area contributed by atoms with E-state index in [2.05, 4.69) is 20.0 Å².